The molecule has 0 saturated carbocycles. The lowest BCUT2D eigenvalue weighted by molar-refractivity contribution is -0.144. The molecule has 28 heavy (non-hydrogen) atoms. The van der Waals surface area contributed by atoms with Gasteiger partial charge < -0.3 is 14.8 Å². The molecule has 0 spiro atoms. The molecule has 0 aliphatic carbocycles. The lowest BCUT2D eigenvalue weighted by Crippen LogP contribution is -2.17. The lowest BCUT2D eigenvalue weighted by atomic mass is 10.1. The Kier molecular flexibility index (Phi) is 4.09. The second-order valence-corrected chi connectivity index (χ2v) is 6.20. The van der Waals surface area contributed by atoms with Crippen LogP contribution in [0.25, 0.3) is 5.78 Å². The van der Waals surface area contributed by atoms with E-state index < -0.39 is 12.0 Å². The summed E-state index contributed by atoms with van der Waals surface area (Å²) in [5, 5.41) is 6.20. The van der Waals surface area contributed by atoms with Gasteiger partial charge in [0.2, 0.25) is 12.7 Å². The average molecular weight is 393 g/mol. The first-order chi connectivity index (χ1) is 13.2. The Labute approximate surface area is 156 Å². The minimum Gasteiger partial charge on any atom is -0.454 e. The summed E-state index contributed by atoms with van der Waals surface area (Å²) in [7, 11) is 0. The van der Waals surface area contributed by atoms with E-state index in [0.29, 0.717) is 34.1 Å². The Morgan fingerprint density at radius 3 is 2.71 bits per heavy atom. The van der Waals surface area contributed by atoms with Gasteiger partial charge in [0.05, 0.1) is 6.42 Å². The molecule has 3 aromatic rings. The van der Waals surface area contributed by atoms with Crippen molar-refractivity contribution in [2.75, 3.05) is 12.1 Å². The number of carbonyl (C=O) groups is 1. The zero-order chi connectivity index (χ0) is 20.1. The van der Waals surface area contributed by atoms with Gasteiger partial charge in [0.25, 0.3) is 11.6 Å². The summed E-state index contributed by atoms with van der Waals surface area (Å²) in [6.45, 7) is 3.30. The van der Waals surface area contributed by atoms with E-state index in [-0.39, 0.29) is 24.9 Å². The predicted molar refractivity (Wildman–Crippen MR) is 90.2 cm³/mol. The number of alkyl halides is 3. The smallest absolute Gasteiger partial charge is 0.453 e. The third-order valence-corrected chi connectivity index (χ3v) is 4.30. The SMILES string of the molecule is Cc1nc2nc(C(F)(F)F)nn2c(C)c1CC(=O)Nc1ccc2c(c1)OCO2. The van der Waals surface area contributed by atoms with Gasteiger partial charge in [-0.1, -0.05) is 0 Å². The van der Waals surface area contributed by atoms with Crippen LogP contribution in [0.1, 0.15) is 22.8 Å². The van der Waals surface area contributed by atoms with Crippen LogP contribution in [-0.4, -0.2) is 32.3 Å². The molecule has 4 rings (SSSR count). The van der Waals surface area contributed by atoms with E-state index in [4.69, 9.17) is 9.47 Å². The highest BCUT2D eigenvalue weighted by Crippen LogP contribution is 2.34. The van der Waals surface area contributed by atoms with E-state index in [1.165, 1.54) is 0 Å². The molecule has 2 aromatic heterocycles. The lowest BCUT2D eigenvalue weighted by Gasteiger charge is -2.11. The molecule has 1 amide bonds. The molecule has 0 fully saturated rings. The molecule has 0 radical (unpaired) electrons. The normalized spacial score (nSPS) is 13.2. The van der Waals surface area contributed by atoms with Crippen molar-refractivity contribution >= 4 is 17.4 Å². The number of hydrogen-bond acceptors (Lipinski definition) is 6. The fraction of sp³-hybridized carbons (Fsp3) is 0.294. The summed E-state index contributed by atoms with van der Waals surface area (Å²) in [6, 6.07) is 4.98. The third kappa shape index (κ3) is 3.19. The van der Waals surface area contributed by atoms with Crippen molar-refractivity contribution in [2.24, 2.45) is 0 Å². The Bertz CT molecular complexity index is 1090. The summed E-state index contributed by atoms with van der Waals surface area (Å²) >= 11 is 0. The Morgan fingerprint density at radius 1 is 1.21 bits per heavy atom. The quantitative estimate of drug-likeness (QED) is 0.736. The van der Waals surface area contributed by atoms with E-state index in [0.717, 1.165) is 4.52 Å². The van der Waals surface area contributed by atoms with Gasteiger partial charge in [-0.2, -0.15) is 18.2 Å². The number of amides is 1. The highest BCUT2D eigenvalue weighted by atomic mass is 19.4. The van der Waals surface area contributed by atoms with Crippen molar-refractivity contribution in [3.8, 4) is 11.5 Å². The van der Waals surface area contributed by atoms with Crippen LogP contribution in [0.3, 0.4) is 0 Å². The zero-order valence-corrected chi connectivity index (χ0v) is 14.8. The third-order valence-electron chi connectivity index (χ3n) is 4.30. The van der Waals surface area contributed by atoms with Crippen LogP contribution in [0.15, 0.2) is 18.2 Å². The Morgan fingerprint density at radius 2 is 1.96 bits per heavy atom. The molecule has 8 nitrogen and oxygen atoms in total. The maximum Gasteiger partial charge on any atom is 0.453 e. The molecule has 1 N–H and O–H groups in total. The van der Waals surface area contributed by atoms with Gasteiger partial charge >= 0.3 is 6.18 Å². The van der Waals surface area contributed by atoms with Gasteiger partial charge in [0, 0.05) is 28.7 Å². The van der Waals surface area contributed by atoms with Crippen molar-refractivity contribution in [2.45, 2.75) is 26.4 Å². The number of hydrogen-bond donors (Lipinski definition) is 1. The fourth-order valence-corrected chi connectivity index (χ4v) is 2.92. The van der Waals surface area contributed by atoms with Crippen LogP contribution in [0.5, 0.6) is 11.5 Å². The topological polar surface area (TPSA) is 90.6 Å². The van der Waals surface area contributed by atoms with Crippen LogP contribution in [0.2, 0.25) is 0 Å². The van der Waals surface area contributed by atoms with Gasteiger partial charge in [-0.3, -0.25) is 4.79 Å². The van der Waals surface area contributed by atoms with Crippen LogP contribution < -0.4 is 14.8 Å². The Hall–Kier alpha value is -3.37. The van der Waals surface area contributed by atoms with E-state index in [9.17, 15) is 18.0 Å². The van der Waals surface area contributed by atoms with E-state index in [1.807, 2.05) is 0 Å². The fourth-order valence-electron chi connectivity index (χ4n) is 2.92. The van der Waals surface area contributed by atoms with Gasteiger partial charge in [-0.25, -0.2) is 9.50 Å². The molecular weight excluding hydrogens is 379 g/mol. The minimum atomic E-state index is -4.68. The number of aryl methyl sites for hydroxylation is 2. The molecule has 1 aliphatic heterocycles. The Balaban J connectivity index is 1.59. The number of fused-ring (bicyclic) bond motifs is 2. The molecule has 146 valence electrons. The van der Waals surface area contributed by atoms with Gasteiger partial charge in [0.1, 0.15) is 0 Å². The van der Waals surface area contributed by atoms with Crippen LogP contribution in [-0.2, 0) is 17.4 Å². The zero-order valence-electron chi connectivity index (χ0n) is 14.8. The number of ether oxygens (including phenoxy) is 2. The van der Waals surface area contributed by atoms with Gasteiger partial charge in [0.15, 0.2) is 11.5 Å². The average Bonchev–Trinajstić information content (AvgIpc) is 3.24. The van der Waals surface area contributed by atoms with Crippen molar-refractivity contribution in [1.82, 2.24) is 19.6 Å². The summed E-state index contributed by atoms with van der Waals surface area (Å²) in [6.07, 6.45) is -4.76. The molecule has 0 unspecified atom stereocenters. The largest absolute Gasteiger partial charge is 0.454 e. The van der Waals surface area contributed by atoms with Crippen molar-refractivity contribution in [3.05, 3.63) is 41.0 Å². The number of aromatic nitrogens is 4. The van der Waals surface area contributed by atoms with Crippen molar-refractivity contribution in [1.29, 1.82) is 0 Å². The number of carbonyl (C=O) groups excluding carboxylic acids is 1. The summed E-state index contributed by atoms with van der Waals surface area (Å²) in [5.74, 6) is -0.685. The predicted octanol–water partition coefficient (Wildman–Crippen LogP) is 2.67. The monoisotopic (exact) mass is 393 g/mol. The maximum absolute atomic E-state index is 12.9. The van der Waals surface area contributed by atoms with Crippen molar-refractivity contribution in [3.63, 3.8) is 0 Å². The second-order valence-electron chi connectivity index (χ2n) is 6.20. The first kappa shape index (κ1) is 18.0. The van der Waals surface area contributed by atoms with Crippen LogP contribution in [0, 0.1) is 13.8 Å². The minimum absolute atomic E-state index is 0.0870. The number of nitrogens with zero attached hydrogens (tertiary/aromatic N) is 4. The standard InChI is InChI=1S/C17H14F3N5O3/c1-8-11(9(2)25-16(21-8)23-15(24-25)17(18,19)20)6-14(26)22-10-3-4-12-13(5-10)28-7-27-12/h3-5H,6-7H2,1-2H3,(H,22,26). The molecule has 3 heterocycles. The number of anilines is 1. The highest BCUT2D eigenvalue weighted by molar-refractivity contribution is 5.92. The molecule has 1 aromatic carbocycles. The summed E-state index contributed by atoms with van der Waals surface area (Å²) in [5.41, 5.74) is 1.77. The van der Waals surface area contributed by atoms with Crippen LogP contribution >= 0.6 is 0 Å². The second kappa shape index (κ2) is 6.36. The van der Waals surface area contributed by atoms with Crippen molar-refractivity contribution < 1.29 is 27.4 Å². The van der Waals surface area contributed by atoms with Gasteiger partial charge in [-0.05, 0) is 26.0 Å². The van der Waals surface area contributed by atoms with E-state index >= 15 is 0 Å². The summed E-state index contributed by atoms with van der Waals surface area (Å²) in [4.78, 5) is 19.9. The number of halogens is 3. The summed E-state index contributed by atoms with van der Waals surface area (Å²) < 4.78 is 50.0. The molecule has 0 atom stereocenters. The molecular formula is C17H14F3N5O3. The molecule has 0 bridgehead atoms. The number of nitrogens with one attached hydrogen (secondary N) is 1. The first-order valence-corrected chi connectivity index (χ1v) is 8.22. The number of rotatable bonds is 3. The van der Waals surface area contributed by atoms with Gasteiger partial charge in [-0.15, -0.1) is 5.10 Å². The van der Waals surface area contributed by atoms with Crippen LogP contribution in [0.4, 0.5) is 18.9 Å². The molecule has 11 heteroatoms. The number of benzene rings is 1. The highest BCUT2D eigenvalue weighted by Gasteiger charge is 2.37. The van der Waals surface area contributed by atoms with E-state index in [1.54, 1.807) is 32.0 Å². The maximum atomic E-state index is 12.9. The molecule has 1 aliphatic rings. The molecule has 0 saturated heterocycles. The van der Waals surface area contributed by atoms with E-state index in [2.05, 4.69) is 20.4 Å². The first-order valence-electron chi connectivity index (χ1n) is 8.22.